The summed E-state index contributed by atoms with van der Waals surface area (Å²) in [5, 5.41) is 0. The van der Waals surface area contributed by atoms with Gasteiger partial charge in [0.15, 0.2) is 0 Å². The van der Waals surface area contributed by atoms with Gasteiger partial charge in [0, 0.05) is 0 Å². The number of amides is 1. The molecule has 0 unspecified atom stereocenters. The number of carbonyl (C=O) groups excluding carboxylic acids is 1. The first-order valence-electron chi connectivity index (χ1n) is 2.79. The third-order valence-corrected chi connectivity index (χ3v) is 1.99. The maximum atomic E-state index is 10.6. The first kappa shape index (κ1) is 7.36. The van der Waals surface area contributed by atoms with E-state index in [0.29, 0.717) is 5.56 Å². The van der Waals surface area contributed by atoms with Crippen molar-refractivity contribution in [1.29, 1.82) is 0 Å². The Morgan fingerprint density at radius 1 is 1.40 bits per heavy atom. The maximum absolute atomic E-state index is 10.6. The minimum atomic E-state index is -0.378. The molecule has 1 rings (SSSR count). The van der Waals surface area contributed by atoms with Crippen LogP contribution in [0.2, 0.25) is 0 Å². The van der Waals surface area contributed by atoms with E-state index in [1.165, 1.54) is 0 Å². The normalized spacial score (nSPS) is 9.30. The second kappa shape index (κ2) is 2.89. The zero-order valence-electron chi connectivity index (χ0n) is 5.24. The summed E-state index contributed by atoms with van der Waals surface area (Å²) < 4.78 is 0.863. The SMILES string of the molecule is NC(=O)c1ccccc1[As]. The van der Waals surface area contributed by atoms with Crippen molar-refractivity contribution in [3.8, 4) is 0 Å². The third kappa shape index (κ3) is 1.39. The van der Waals surface area contributed by atoms with Crippen molar-refractivity contribution >= 4 is 27.1 Å². The molecule has 1 aromatic carbocycles. The Hall–Kier alpha value is -0.752. The van der Waals surface area contributed by atoms with Crippen molar-refractivity contribution in [2.24, 2.45) is 5.73 Å². The number of carbonyl (C=O) groups is 1. The van der Waals surface area contributed by atoms with Gasteiger partial charge in [-0.2, -0.15) is 0 Å². The van der Waals surface area contributed by atoms with Gasteiger partial charge in [0.05, 0.1) is 0 Å². The topological polar surface area (TPSA) is 43.1 Å². The second-order valence-corrected chi connectivity index (χ2v) is 2.89. The number of rotatable bonds is 1. The zero-order chi connectivity index (χ0) is 7.56. The Bertz CT molecular complexity index is 260. The first-order valence-corrected chi connectivity index (χ1v) is 3.73. The molecule has 1 aromatic rings. The van der Waals surface area contributed by atoms with Gasteiger partial charge >= 0.3 is 67.5 Å². The molecule has 1 amide bonds. The van der Waals surface area contributed by atoms with Gasteiger partial charge in [-0.15, -0.1) is 0 Å². The fraction of sp³-hybridized carbons (Fsp3) is 0. The van der Waals surface area contributed by atoms with E-state index in [1.807, 2.05) is 12.1 Å². The summed E-state index contributed by atoms with van der Waals surface area (Å²) in [7, 11) is 0. The molecular weight excluding hydrogens is 189 g/mol. The Kier molecular flexibility index (Phi) is 2.13. The van der Waals surface area contributed by atoms with E-state index in [-0.39, 0.29) is 5.91 Å². The summed E-state index contributed by atoms with van der Waals surface area (Å²) in [6.45, 7) is 0. The number of hydrogen-bond acceptors (Lipinski definition) is 1. The predicted molar refractivity (Wildman–Crippen MR) is 40.3 cm³/mol. The van der Waals surface area contributed by atoms with Crippen LogP contribution in [0.3, 0.4) is 0 Å². The molecule has 0 bridgehead atoms. The van der Waals surface area contributed by atoms with Gasteiger partial charge in [-0.1, -0.05) is 0 Å². The quantitative estimate of drug-likeness (QED) is 0.607. The first-order chi connectivity index (χ1) is 4.72. The van der Waals surface area contributed by atoms with Crippen LogP contribution in [0.1, 0.15) is 10.4 Å². The molecule has 10 heavy (non-hydrogen) atoms. The van der Waals surface area contributed by atoms with Crippen molar-refractivity contribution < 1.29 is 4.79 Å². The van der Waals surface area contributed by atoms with Crippen LogP contribution in [0.4, 0.5) is 0 Å². The summed E-state index contributed by atoms with van der Waals surface area (Å²) >= 11 is 2.31. The number of nitrogens with two attached hydrogens (primary N) is 1. The standard InChI is InChI=1S/C7H6AsNO/c8-6-4-2-1-3-5(6)7(9)10/h1-4H,(H2,9,10). The van der Waals surface area contributed by atoms with E-state index in [2.05, 4.69) is 16.9 Å². The molecule has 0 spiro atoms. The molecule has 50 valence electrons. The van der Waals surface area contributed by atoms with E-state index in [9.17, 15) is 4.79 Å². The van der Waals surface area contributed by atoms with Crippen LogP contribution in [-0.4, -0.2) is 22.8 Å². The molecule has 2 radical (unpaired) electrons. The van der Waals surface area contributed by atoms with Crippen LogP contribution < -0.4 is 10.1 Å². The molecule has 0 aliphatic heterocycles. The summed E-state index contributed by atoms with van der Waals surface area (Å²) in [6.07, 6.45) is 0. The fourth-order valence-electron chi connectivity index (χ4n) is 0.682. The van der Waals surface area contributed by atoms with E-state index in [1.54, 1.807) is 12.1 Å². The molecule has 0 aromatic heterocycles. The molecule has 2 nitrogen and oxygen atoms in total. The molecule has 3 heteroatoms. The van der Waals surface area contributed by atoms with Crippen LogP contribution in [0.25, 0.3) is 0 Å². The predicted octanol–water partition coefficient (Wildman–Crippen LogP) is -0.421. The molecule has 0 aliphatic rings. The summed E-state index contributed by atoms with van der Waals surface area (Å²) in [6, 6.07) is 7.19. The molecular formula is C7H6AsNO. The molecule has 0 aliphatic carbocycles. The fourth-order valence-corrected chi connectivity index (χ4v) is 1.25. The van der Waals surface area contributed by atoms with E-state index >= 15 is 0 Å². The molecule has 0 heterocycles. The van der Waals surface area contributed by atoms with E-state index in [4.69, 9.17) is 5.73 Å². The molecule has 2 N–H and O–H groups in total. The van der Waals surface area contributed by atoms with Gasteiger partial charge in [-0.25, -0.2) is 0 Å². The van der Waals surface area contributed by atoms with Gasteiger partial charge in [-0.3, -0.25) is 0 Å². The van der Waals surface area contributed by atoms with Crippen LogP contribution in [0.15, 0.2) is 24.3 Å². The second-order valence-electron chi connectivity index (χ2n) is 1.88. The molecule has 0 saturated heterocycles. The molecule has 0 saturated carbocycles. The van der Waals surface area contributed by atoms with Gasteiger partial charge < -0.3 is 0 Å². The number of primary amides is 1. The van der Waals surface area contributed by atoms with Crippen molar-refractivity contribution in [2.75, 3.05) is 0 Å². The van der Waals surface area contributed by atoms with Gasteiger partial charge in [0.2, 0.25) is 0 Å². The van der Waals surface area contributed by atoms with Crippen LogP contribution in [0.5, 0.6) is 0 Å². The van der Waals surface area contributed by atoms with Crippen molar-refractivity contribution in [2.45, 2.75) is 0 Å². The Labute approximate surface area is 67.9 Å². The average molecular weight is 195 g/mol. The third-order valence-electron chi connectivity index (χ3n) is 1.17. The Balaban J connectivity index is 3.15. The van der Waals surface area contributed by atoms with Gasteiger partial charge in [0.1, 0.15) is 0 Å². The zero-order valence-corrected chi connectivity index (χ0v) is 7.12. The van der Waals surface area contributed by atoms with Gasteiger partial charge in [-0.05, 0) is 0 Å². The number of benzene rings is 1. The van der Waals surface area contributed by atoms with Crippen molar-refractivity contribution in [1.82, 2.24) is 0 Å². The van der Waals surface area contributed by atoms with E-state index < -0.39 is 0 Å². The monoisotopic (exact) mass is 195 g/mol. The summed E-state index contributed by atoms with van der Waals surface area (Å²) in [5.74, 6) is -0.378. The van der Waals surface area contributed by atoms with Gasteiger partial charge in [0.25, 0.3) is 0 Å². The summed E-state index contributed by atoms with van der Waals surface area (Å²) in [5.41, 5.74) is 5.64. The molecule has 0 fully saturated rings. The average Bonchev–Trinajstić information content (AvgIpc) is 1.88. The summed E-state index contributed by atoms with van der Waals surface area (Å²) in [4.78, 5) is 10.6. The van der Waals surface area contributed by atoms with Crippen LogP contribution >= 0.6 is 0 Å². The van der Waals surface area contributed by atoms with Crippen LogP contribution in [0, 0.1) is 0 Å². The van der Waals surface area contributed by atoms with Crippen LogP contribution in [-0.2, 0) is 0 Å². The minimum absolute atomic E-state index is 0.378. The number of hydrogen-bond donors (Lipinski definition) is 1. The van der Waals surface area contributed by atoms with E-state index in [0.717, 1.165) is 4.35 Å². The molecule has 0 atom stereocenters. The van der Waals surface area contributed by atoms with Crippen molar-refractivity contribution in [3.63, 3.8) is 0 Å². The van der Waals surface area contributed by atoms with Crippen molar-refractivity contribution in [3.05, 3.63) is 29.8 Å². The Morgan fingerprint density at radius 3 is 2.40 bits per heavy atom. The Morgan fingerprint density at radius 2 is 2.00 bits per heavy atom.